The van der Waals surface area contributed by atoms with E-state index in [0.717, 1.165) is 58.5 Å². The Balaban J connectivity index is 1.32. The van der Waals surface area contributed by atoms with Crippen LogP contribution in [0.5, 0.6) is 0 Å². The Morgan fingerprint density at radius 2 is 1.42 bits per heavy atom. The van der Waals surface area contributed by atoms with Crippen molar-refractivity contribution < 1.29 is 9.59 Å². The van der Waals surface area contributed by atoms with Crippen LogP contribution in [0.2, 0.25) is 0 Å². The molecule has 5 heteroatoms. The number of nitrogens with zero attached hydrogens (tertiary/aromatic N) is 3. The van der Waals surface area contributed by atoms with Crippen molar-refractivity contribution in [3.63, 3.8) is 0 Å². The molecule has 0 spiro atoms. The van der Waals surface area contributed by atoms with Crippen molar-refractivity contribution in [3.8, 4) is 0 Å². The molecule has 0 radical (unpaired) electrons. The topological polar surface area (TPSA) is 43.9 Å². The number of carbonyl (C=O) groups is 2. The number of benzene rings is 1. The highest BCUT2D eigenvalue weighted by atomic mass is 16.2. The van der Waals surface area contributed by atoms with Gasteiger partial charge in [0.15, 0.2) is 0 Å². The van der Waals surface area contributed by atoms with Crippen molar-refractivity contribution in [1.29, 1.82) is 0 Å². The van der Waals surface area contributed by atoms with Crippen molar-refractivity contribution >= 4 is 17.5 Å². The number of rotatable bonds is 3. The Hall–Kier alpha value is -2.04. The van der Waals surface area contributed by atoms with Crippen LogP contribution in [0.4, 0.5) is 5.69 Å². The van der Waals surface area contributed by atoms with Crippen LogP contribution in [0.3, 0.4) is 0 Å². The van der Waals surface area contributed by atoms with E-state index in [4.69, 9.17) is 0 Å². The Morgan fingerprint density at radius 1 is 0.846 bits per heavy atom. The van der Waals surface area contributed by atoms with Crippen molar-refractivity contribution in [3.05, 3.63) is 29.3 Å². The van der Waals surface area contributed by atoms with E-state index < -0.39 is 0 Å². The van der Waals surface area contributed by atoms with Gasteiger partial charge in [-0.25, -0.2) is 0 Å². The van der Waals surface area contributed by atoms with Crippen LogP contribution in [-0.4, -0.2) is 60.9 Å². The maximum Gasteiger partial charge on any atom is 0.226 e. The van der Waals surface area contributed by atoms with Gasteiger partial charge in [0.05, 0.1) is 11.8 Å². The molecule has 2 amide bonds. The van der Waals surface area contributed by atoms with Gasteiger partial charge in [0.25, 0.3) is 0 Å². The number of anilines is 1. The third-order valence-corrected chi connectivity index (χ3v) is 6.35. The third kappa shape index (κ3) is 3.19. The zero-order chi connectivity index (χ0) is 18.3. The Labute approximate surface area is 155 Å². The molecule has 0 N–H and O–H groups in total. The first-order chi connectivity index (χ1) is 12.6. The van der Waals surface area contributed by atoms with Gasteiger partial charge in [0.2, 0.25) is 11.8 Å². The van der Waals surface area contributed by atoms with Gasteiger partial charge in [0, 0.05) is 45.0 Å². The quantitative estimate of drug-likeness (QED) is 0.835. The summed E-state index contributed by atoms with van der Waals surface area (Å²) >= 11 is 0. The highest BCUT2D eigenvalue weighted by Gasteiger charge is 2.51. The van der Waals surface area contributed by atoms with E-state index >= 15 is 0 Å². The molecule has 1 aromatic carbocycles. The standard InChI is InChI=1S/C21H29N3O2/c1-15-6-5-7-19(16(15)2)22-10-12-24(13-11-22)21(26)18-14-17(18)20(25)23-8-3-4-9-23/h5-7,17-18H,3-4,8-14H2,1-2H3. The number of amides is 2. The monoisotopic (exact) mass is 355 g/mol. The fourth-order valence-electron chi connectivity index (χ4n) is 4.39. The van der Waals surface area contributed by atoms with E-state index in [9.17, 15) is 9.59 Å². The number of hydrogen-bond acceptors (Lipinski definition) is 3. The summed E-state index contributed by atoms with van der Waals surface area (Å²) in [5, 5.41) is 0. The Bertz CT molecular complexity index is 703. The molecule has 2 heterocycles. The first-order valence-electron chi connectivity index (χ1n) is 9.95. The van der Waals surface area contributed by atoms with Crippen molar-refractivity contribution in [2.75, 3.05) is 44.2 Å². The molecule has 26 heavy (non-hydrogen) atoms. The van der Waals surface area contributed by atoms with Gasteiger partial charge in [-0.2, -0.15) is 0 Å². The predicted octanol–water partition coefficient (Wildman–Crippen LogP) is 2.21. The molecule has 2 unspecified atom stereocenters. The van der Waals surface area contributed by atoms with Crippen LogP contribution in [0, 0.1) is 25.7 Å². The van der Waals surface area contributed by atoms with Crippen molar-refractivity contribution in [1.82, 2.24) is 9.80 Å². The summed E-state index contributed by atoms with van der Waals surface area (Å²) < 4.78 is 0. The fraction of sp³-hybridized carbons (Fsp3) is 0.619. The molecule has 3 aliphatic rings. The van der Waals surface area contributed by atoms with Gasteiger partial charge in [-0.3, -0.25) is 9.59 Å². The number of carbonyl (C=O) groups excluding carboxylic acids is 2. The lowest BCUT2D eigenvalue weighted by Crippen LogP contribution is -2.49. The molecule has 3 fully saturated rings. The largest absolute Gasteiger partial charge is 0.368 e. The number of aryl methyl sites for hydroxylation is 1. The highest BCUT2D eigenvalue weighted by molar-refractivity contribution is 5.92. The average Bonchev–Trinajstić information content (AvgIpc) is 3.27. The summed E-state index contributed by atoms with van der Waals surface area (Å²) in [5.41, 5.74) is 3.92. The Kier molecular flexibility index (Phi) is 4.63. The summed E-state index contributed by atoms with van der Waals surface area (Å²) in [4.78, 5) is 31.6. The molecule has 1 aliphatic carbocycles. The van der Waals surface area contributed by atoms with Gasteiger partial charge in [-0.1, -0.05) is 12.1 Å². The van der Waals surface area contributed by atoms with Crippen LogP contribution >= 0.6 is 0 Å². The second kappa shape index (κ2) is 6.93. The van der Waals surface area contributed by atoms with Gasteiger partial charge < -0.3 is 14.7 Å². The van der Waals surface area contributed by atoms with Crippen LogP contribution < -0.4 is 4.90 Å². The molecule has 2 atom stereocenters. The summed E-state index contributed by atoms with van der Waals surface area (Å²) in [5.74, 6) is 0.311. The molecule has 2 saturated heterocycles. The van der Waals surface area contributed by atoms with Crippen LogP contribution in [0.25, 0.3) is 0 Å². The van der Waals surface area contributed by atoms with Gasteiger partial charge in [0.1, 0.15) is 0 Å². The normalized spacial score (nSPS) is 25.5. The minimum absolute atomic E-state index is 0.0438. The minimum Gasteiger partial charge on any atom is -0.368 e. The molecule has 4 rings (SSSR count). The maximum atomic E-state index is 12.8. The second-order valence-electron chi connectivity index (χ2n) is 8.01. The SMILES string of the molecule is Cc1cccc(N2CCN(C(=O)C3CC3C(=O)N3CCCC3)CC2)c1C. The lowest BCUT2D eigenvalue weighted by atomic mass is 10.1. The summed E-state index contributed by atoms with van der Waals surface area (Å²) in [6, 6.07) is 6.42. The van der Waals surface area contributed by atoms with E-state index in [-0.39, 0.29) is 23.7 Å². The summed E-state index contributed by atoms with van der Waals surface area (Å²) in [6.45, 7) is 9.32. The third-order valence-electron chi connectivity index (χ3n) is 6.35. The summed E-state index contributed by atoms with van der Waals surface area (Å²) in [7, 11) is 0. The fourth-order valence-corrected chi connectivity index (χ4v) is 4.39. The van der Waals surface area contributed by atoms with Gasteiger partial charge >= 0.3 is 0 Å². The van der Waals surface area contributed by atoms with E-state index in [1.54, 1.807) is 0 Å². The number of hydrogen-bond donors (Lipinski definition) is 0. The molecular weight excluding hydrogens is 326 g/mol. The van der Waals surface area contributed by atoms with E-state index in [1.165, 1.54) is 16.8 Å². The Morgan fingerprint density at radius 3 is 2.04 bits per heavy atom. The smallest absolute Gasteiger partial charge is 0.226 e. The van der Waals surface area contributed by atoms with Gasteiger partial charge in [-0.15, -0.1) is 0 Å². The number of likely N-dealkylation sites (tertiary alicyclic amines) is 1. The summed E-state index contributed by atoms with van der Waals surface area (Å²) in [6.07, 6.45) is 2.97. The molecule has 0 bridgehead atoms. The molecular formula is C21H29N3O2. The molecule has 2 aliphatic heterocycles. The average molecular weight is 355 g/mol. The zero-order valence-electron chi connectivity index (χ0n) is 15.9. The number of piperazine rings is 1. The minimum atomic E-state index is -0.0599. The lowest BCUT2D eigenvalue weighted by molar-refractivity contribution is -0.137. The molecule has 140 valence electrons. The van der Waals surface area contributed by atoms with Crippen molar-refractivity contribution in [2.24, 2.45) is 11.8 Å². The molecule has 5 nitrogen and oxygen atoms in total. The zero-order valence-corrected chi connectivity index (χ0v) is 15.9. The van der Waals surface area contributed by atoms with E-state index in [0.29, 0.717) is 0 Å². The lowest BCUT2D eigenvalue weighted by Gasteiger charge is -2.37. The van der Waals surface area contributed by atoms with E-state index in [2.05, 4.69) is 36.9 Å². The molecule has 0 aromatic heterocycles. The maximum absolute atomic E-state index is 12.8. The molecule has 1 saturated carbocycles. The van der Waals surface area contributed by atoms with Crippen LogP contribution in [0.15, 0.2) is 18.2 Å². The van der Waals surface area contributed by atoms with Crippen molar-refractivity contribution in [2.45, 2.75) is 33.1 Å². The first-order valence-corrected chi connectivity index (χ1v) is 9.95. The van der Waals surface area contributed by atoms with Crippen LogP contribution in [-0.2, 0) is 9.59 Å². The highest BCUT2D eigenvalue weighted by Crippen LogP contribution is 2.42. The molecule has 1 aromatic rings. The van der Waals surface area contributed by atoms with Crippen LogP contribution in [0.1, 0.15) is 30.4 Å². The second-order valence-corrected chi connectivity index (χ2v) is 8.01. The first kappa shape index (κ1) is 17.4. The van der Waals surface area contributed by atoms with E-state index in [1.807, 2.05) is 9.80 Å². The predicted molar refractivity (Wildman–Crippen MR) is 102 cm³/mol. The van der Waals surface area contributed by atoms with Gasteiger partial charge in [-0.05, 0) is 50.3 Å².